The Balaban J connectivity index is 1.92. The fraction of sp³-hybridized carbons (Fsp3) is 0.917. The highest BCUT2D eigenvalue weighted by molar-refractivity contribution is 5.79. The summed E-state index contributed by atoms with van der Waals surface area (Å²) in [5.74, 6) is 0.451. The summed E-state index contributed by atoms with van der Waals surface area (Å²) >= 11 is 0. The number of hydrogen-bond donors (Lipinski definition) is 0. The Kier molecular flexibility index (Phi) is 3.76. The Morgan fingerprint density at radius 2 is 2.13 bits per heavy atom. The second-order valence-corrected chi connectivity index (χ2v) is 4.64. The number of nitrogens with zero attached hydrogens (tertiary/aromatic N) is 1. The molecule has 0 aromatic rings. The minimum absolute atomic E-state index is 0.451. The lowest BCUT2D eigenvalue weighted by molar-refractivity contribution is -0.122. The highest BCUT2D eigenvalue weighted by atomic mass is 16.5. The molecule has 3 heteroatoms. The quantitative estimate of drug-likeness (QED) is 0.695. The molecule has 1 aliphatic heterocycles. The molecule has 86 valence electrons. The third-order valence-electron chi connectivity index (χ3n) is 3.73. The molecular formula is C12H21NO2. The van der Waals surface area contributed by atoms with E-state index in [0.29, 0.717) is 17.9 Å². The van der Waals surface area contributed by atoms with Crippen LogP contribution in [0.5, 0.6) is 0 Å². The van der Waals surface area contributed by atoms with E-state index in [4.69, 9.17) is 4.74 Å². The lowest BCUT2D eigenvalue weighted by Crippen LogP contribution is -2.51. The second kappa shape index (κ2) is 5.08. The number of morpholine rings is 1. The first kappa shape index (κ1) is 11.1. The lowest BCUT2D eigenvalue weighted by Gasteiger charge is -2.42. The first-order valence-electron chi connectivity index (χ1n) is 6.16. The molecule has 0 aromatic carbocycles. The third-order valence-corrected chi connectivity index (χ3v) is 3.73. The predicted octanol–water partition coefficient (Wildman–Crippen LogP) is 1.61. The summed E-state index contributed by atoms with van der Waals surface area (Å²) in [5.41, 5.74) is 0. The Morgan fingerprint density at radius 3 is 2.80 bits per heavy atom. The van der Waals surface area contributed by atoms with Gasteiger partial charge < -0.3 is 4.74 Å². The van der Waals surface area contributed by atoms with Crippen molar-refractivity contribution >= 4 is 5.78 Å². The SMILES string of the molecule is CCC1COCCN1C1CCC(=O)CC1. The second-order valence-electron chi connectivity index (χ2n) is 4.64. The summed E-state index contributed by atoms with van der Waals surface area (Å²) < 4.78 is 5.51. The summed E-state index contributed by atoms with van der Waals surface area (Å²) in [6.07, 6.45) is 4.87. The number of Topliss-reactive ketones (excluding diaryl/α,β-unsaturated/α-hetero) is 1. The van der Waals surface area contributed by atoms with E-state index in [1.165, 1.54) is 0 Å². The molecule has 0 spiro atoms. The van der Waals surface area contributed by atoms with Crippen LogP contribution < -0.4 is 0 Å². The molecular weight excluding hydrogens is 190 g/mol. The van der Waals surface area contributed by atoms with E-state index in [-0.39, 0.29) is 0 Å². The van der Waals surface area contributed by atoms with Gasteiger partial charge in [0.25, 0.3) is 0 Å². The minimum atomic E-state index is 0.451. The van der Waals surface area contributed by atoms with Crippen molar-refractivity contribution in [3.05, 3.63) is 0 Å². The molecule has 1 aliphatic carbocycles. The molecule has 2 rings (SSSR count). The summed E-state index contributed by atoms with van der Waals surface area (Å²) in [5, 5.41) is 0. The fourth-order valence-electron chi connectivity index (χ4n) is 2.76. The average molecular weight is 211 g/mol. The van der Waals surface area contributed by atoms with Gasteiger partial charge in [0.05, 0.1) is 13.2 Å². The van der Waals surface area contributed by atoms with Crippen LogP contribution in [0.1, 0.15) is 39.0 Å². The first-order chi connectivity index (χ1) is 7.31. The molecule has 1 saturated heterocycles. The van der Waals surface area contributed by atoms with Crippen molar-refractivity contribution in [2.24, 2.45) is 0 Å². The third kappa shape index (κ3) is 2.58. The molecule has 0 amide bonds. The summed E-state index contributed by atoms with van der Waals surface area (Å²) in [7, 11) is 0. The van der Waals surface area contributed by atoms with Crippen LogP contribution >= 0.6 is 0 Å². The van der Waals surface area contributed by atoms with E-state index >= 15 is 0 Å². The van der Waals surface area contributed by atoms with Crippen LogP contribution in [0.2, 0.25) is 0 Å². The van der Waals surface area contributed by atoms with Gasteiger partial charge in [0.2, 0.25) is 0 Å². The van der Waals surface area contributed by atoms with Gasteiger partial charge in [-0.25, -0.2) is 0 Å². The first-order valence-corrected chi connectivity index (χ1v) is 6.16. The number of ketones is 1. The largest absolute Gasteiger partial charge is 0.378 e. The fourth-order valence-corrected chi connectivity index (χ4v) is 2.76. The molecule has 0 radical (unpaired) electrons. The molecule has 2 aliphatic rings. The number of carbonyl (C=O) groups excluding carboxylic acids is 1. The normalized spacial score (nSPS) is 30.7. The van der Waals surface area contributed by atoms with Gasteiger partial charge in [-0.3, -0.25) is 9.69 Å². The summed E-state index contributed by atoms with van der Waals surface area (Å²) in [4.78, 5) is 13.8. The molecule has 1 unspecified atom stereocenters. The smallest absolute Gasteiger partial charge is 0.133 e. The predicted molar refractivity (Wildman–Crippen MR) is 58.9 cm³/mol. The van der Waals surface area contributed by atoms with Crippen molar-refractivity contribution < 1.29 is 9.53 Å². The van der Waals surface area contributed by atoms with E-state index in [2.05, 4.69) is 11.8 Å². The molecule has 2 fully saturated rings. The van der Waals surface area contributed by atoms with Crippen LogP contribution in [-0.2, 0) is 9.53 Å². The van der Waals surface area contributed by atoms with Crippen LogP contribution in [0.4, 0.5) is 0 Å². The van der Waals surface area contributed by atoms with Gasteiger partial charge in [0.15, 0.2) is 0 Å². The monoisotopic (exact) mass is 211 g/mol. The Hall–Kier alpha value is -0.410. The van der Waals surface area contributed by atoms with Crippen LogP contribution in [0.15, 0.2) is 0 Å². The molecule has 0 bridgehead atoms. The zero-order valence-electron chi connectivity index (χ0n) is 9.58. The molecule has 1 heterocycles. The van der Waals surface area contributed by atoms with E-state index in [0.717, 1.165) is 51.9 Å². The Bertz CT molecular complexity index is 220. The van der Waals surface area contributed by atoms with Crippen molar-refractivity contribution in [2.45, 2.75) is 51.1 Å². The molecule has 0 aromatic heterocycles. The highest BCUT2D eigenvalue weighted by Crippen LogP contribution is 2.24. The van der Waals surface area contributed by atoms with E-state index in [1.807, 2.05) is 0 Å². The van der Waals surface area contributed by atoms with E-state index in [1.54, 1.807) is 0 Å². The van der Waals surface area contributed by atoms with Crippen molar-refractivity contribution in [3.63, 3.8) is 0 Å². The Labute approximate surface area is 91.8 Å². The minimum Gasteiger partial charge on any atom is -0.378 e. The average Bonchev–Trinajstić information content (AvgIpc) is 2.30. The van der Waals surface area contributed by atoms with Gasteiger partial charge in [-0.2, -0.15) is 0 Å². The number of rotatable bonds is 2. The topological polar surface area (TPSA) is 29.5 Å². The summed E-state index contributed by atoms with van der Waals surface area (Å²) in [6, 6.07) is 1.22. The lowest BCUT2D eigenvalue weighted by atomic mass is 9.91. The Morgan fingerprint density at radius 1 is 1.40 bits per heavy atom. The maximum Gasteiger partial charge on any atom is 0.133 e. The van der Waals surface area contributed by atoms with Crippen LogP contribution in [0, 0.1) is 0 Å². The van der Waals surface area contributed by atoms with Crippen LogP contribution in [0.25, 0.3) is 0 Å². The van der Waals surface area contributed by atoms with Crippen LogP contribution in [-0.4, -0.2) is 42.5 Å². The van der Waals surface area contributed by atoms with Gasteiger partial charge in [0.1, 0.15) is 5.78 Å². The van der Waals surface area contributed by atoms with Gasteiger partial charge in [-0.05, 0) is 19.3 Å². The maximum atomic E-state index is 11.2. The van der Waals surface area contributed by atoms with Crippen molar-refractivity contribution in [1.82, 2.24) is 4.90 Å². The van der Waals surface area contributed by atoms with Crippen molar-refractivity contribution in [3.8, 4) is 0 Å². The van der Waals surface area contributed by atoms with E-state index in [9.17, 15) is 4.79 Å². The number of carbonyl (C=O) groups is 1. The highest BCUT2D eigenvalue weighted by Gasteiger charge is 2.30. The maximum absolute atomic E-state index is 11.2. The van der Waals surface area contributed by atoms with Gasteiger partial charge in [0, 0.05) is 31.5 Å². The number of ether oxygens (including phenoxy) is 1. The summed E-state index contributed by atoms with van der Waals surface area (Å²) in [6.45, 7) is 5.01. The molecule has 1 atom stereocenters. The molecule has 3 nitrogen and oxygen atoms in total. The number of hydrogen-bond acceptors (Lipinski definition) is 3. The van der Waals surface area contributed by atoms with Crippen molar-refractivity contribution in [2.75, 3.05) is 19.8 Å². The zero-order valence-corrected chi connectivity index (χ0v) is 9.58. The molecule has 15 heavy (non-hydrogen) atoms. The molecule has 1 saturated carbocycles. The van der Waals surface area contributed by atoms with E-state index < -0.39 is 0 Å². The molecule has 0 N–H and O–H groups in total. The van der Waals surface area contributed by atoms with Crippen LogP contribution in [0.3, 0.4) is 0 Å². The standard InChI is InChI=1S/C12H21NO2/c1-2-10-9-15-8-7-13(10)11-3-5-12(14)6-4-11/h10-11H,2-9H2,1H3. The van der Waals surface area contributed by atoms with Gasteiger partial charge in [-0.1, -0.05) is 6.92 Å². The zero-order chi connectivity index (χ0) is 10.7. The van der Waals surface area contributed by atoms with Gasteiger partial charge >= 0.3 is 0 Å². The van der Waals surface area contributed by atoms with Crippen molar-refractivity contribution in [1.29, 1.82) is 0 Å². The van der Waals surface area contributed by atoms with Gasteiger partial charge in [-0.15, -0.1) is 0 Å².